The zero-order valence-corrected chi connectivity index (χ0v) is 12.5. The van der Waals surface area contributed by atoms with Gasteiger partial charge < -0.3 is 15.6 Å². The predicted molar refractivity (Wildman–Crippen MR) is 83.3 cm³/mol. The first kappa shape index (κ1) is 15.5. The smallest absolute Gasteiger partial charge is 0.303 e. The molecule has 0 spiro atoms. The molecule has 2 aromatic carbocycles. The number of rotatable bonds is 5. The van der Waals surface area contributed by atoms with Gasteiger partial charge in [0, 0.05) is 11.4 Å². The van der Waals surface area contributed by atoms with Crippen LogP contribution < -0.4 is 10.5 Å². The first-order valence-electron chi connectivity index (χ1n) is 6.19. The molecule has 0 aromatic heterocycles. The molecule has 2 aromatic rings. The molecule has 0 atom stereocenters. The second-order valence-corrected chi connectivity index (χ2v) is 5.29. The number of nitrogen functional groups attached to an aromatic ring is 1. The van der Waals surface area contributed by atoms with E-state index in [4.69, 9.17) is 38.8 Å². The zero-order chi connectivity index (χ0) is 15.4. The molecule has 0 aliphatic heterocycles. The molecule has 0 fully saturated rings. The van der Waals surface area contributed by atoms with Gasteiger partial charge in [0.15, 0.2) is 0 Å². The van der Waals surface area contributed by atoms with Gasteiger partial charge in [0.05, 0.1) is 10.7 Å². The van der Waals surface area contributed by atoms with Crippen LogP contribution in [0.25, 0.3) is 0 Å². The van der Waals surface area contributed by atoms with Gasteiger partial charge in [-0.25, -0.2) is 0 Å². The van der Waals surface area contributed by atoms with Crippen molar-refractivity contribution in [1.82, 2.24) is 0 Å². The van der Waals surface area contributed by atoms with E-state index in [1.165, 1.54) is 0 Å². The van der Waals surface area contributed by atoms with Gasteiger partial charge in [-0.2, -0.15) is 0 Å². The molecule has 0 saturated carbocycles. The van der Waals surface area contributed by atoms with Crippen LogP contribution in [0.1, 0.15) is 12.0 Å². The third kappa shape index (κ3) is 4.28. The van der Waals surface area contributed by atoms with Gasteiger partial charge in [0.2, 0.25) is 0 Å². The maximum Gasteiger partial charge on any atom is 0.303 e. The third-order valence-electron chi connectivity index (χ3n) is 2.82. The highest BCUT2D eigenvalue weighted by atomic mass is 35.5. The summed E-state index contributed by atoms with van der Waals surface area (Å²) in [4.78, 5) is 10.5. The molecule has 2 rings (SSSR count). The number of anilines is 1. The van der Waals surface area contributed by atoms with Crippen LogP contribution in [0, 0.1) is 0 Å². The average molecular weight is 326 g/mol. The van der Waals surface area contributed by atoms with Crippen molar-refractivity contribution >= 4 is 34.9 Å². The first-order chi connectivity index (χ1) is 9.95. The summed E-state index contributed by atoms with van der Waals surface area (Å²) in [7, 11) is 0. The van der Waals surface area contributed by atoms with Crippen LogP contribution in [0.3, 0.4) is 0 Å². The number of halogens is 2. The largest absolute Gasteiger partial charge is 0.481 e. The Hall–Kier alpha value is -1.91. The van der Waals surface area contributed by atoms with Crippen molar-refractivity contribution in [2.24, 2.45) is 0 Å². The number of carboxylic acids is 1. The molecule has 21 heavy (non-hydrogen) atoms. The van der Waals surface area contributed by atoms with E-state index in [0.29, 0.717) is 33.7 Å². The summed E-state index contributed by atoms with van der Waals surface area (Å²) in [5, 5.41) is 9.57. The lowest BCUT2D eigenvalue weighted by molar-refractivity contribution is -0.136. The van der Waals surface area contributed by atoms with Crippen molar-refractivity contribution in [1.29, 1.82) is 0 Å². The Labute approximate surface area is 132 Å². The maximum absolute atomic E-state index is 10.5. The summed E-state index contributed by atoms with van der Waals surface area (Å²) >= 11 is 11.9. The van der Waals surface area contributed by atoms with Gasteiger partial charge in [-0.05, 0) is 42.3 Å². The molecule has 0 saturated heterocycles. The van der Waals surface area contributed by atoms with E-state index < -0.39 is 5.97 Å². The fraction of sp³-hybridized carbons (Fsp3) is 0.133. The molecule has 0 bridgehead atoms. The Morgan fingerprint density at radius 1 is 1.14 bits per heavy atom. The fourth-order valence-electron chi connectivity index (χ4n) is 1.77. The van der Waals surface area contributed by atoms with Crippen LogP contribution >= 0.6 is 23.2 Å². The van der Waals surface area contributed by atoms with Gasteiger partial charge in [0.25, 0.3) is 0 Å². The molecule has 6 heteroatoms. The lowest BCUT2D eigenvalue weighted by Crippen LogP contribution is -1.99. The zero-order valence-electron chi connectivity index (χ0n) is 11.0. The molecule has 3 N–H and O–H groups in total. The number of aliphatic carboxylic acids is 1. The molecule has 0 unspecified atom stereocenters. The van der Waals surface area contributed by atoms with Crippen LogP contribution in [0.15, 0.2) is 36.4 Å². The molecular formula is C15H13Cl2NO3. The van der Waals surface area contributed by atoms with Crippen LogP contribution in [0.2, 0.25) is 10.0 Å². The van der Waals surface area contributed by atoms with Gasteiger partial charge in [-0.15, -0.1) is 0 Å². The number of benzene rings is 2. The van der Waals surface area contributed by atoms with Crippen molar-refractivity contribution < 1.29 is 14.6 Å². The Morgan fingerprint density at radius 3 is 2.48 bits per heavy atom. The summed E-state index contributed by atoms with van der Waals surface area (Å²) in [5.74, 6) is 0.0613. The van der Waals surface area contributed by atoms with Crippen LogP contribution in [-0.2, 0) is 11.2 Å². The highest BCUT2D eigenvalue weighted by Gasteiger charge is 2.08. The van der Waals surface area contributed by atoms with Crippen LogP contribution in [-0.4, -0.2) is 11.1 Å². The van der Waals surface area contributed by atoms with E-state index in [-0.39, 0.29) is 6.42 Å². The van der Waals surface area contributed by atoms with Gasteiger partial charge >= 0.3 is 5.97 Å². The van der Waals surface area contributed by atoms with E-state index >= 15 is 0 Å². The molecular weight excluding hydrogens is 313 g/mol. The number of hydrogen-bond donors (Lipinski definition) is 2. The van der Waals surface area contributed by atoms with Crippen molar-refractivity contribution in [2.75, 3.05) is 5.73 Å². The van der Waals surface area contributed by atoms with Gasteiger partial charge in [0.1, 0.15) is 11.5 Å². The molecule has 110 valence electrons. The number of carbonyl (C=O) groups is 1. The number of hydrogen-bond acceptors (Lipinski definition) is 3. The van der Waals surface area contributed by atoms with Gasteiger partial charge in [-0.1, -0.05) is 29.3 Å². The quantitative estimate of drug-likeness (QED) is 0.800. The highest BCUT2D eigenvalue weighted by Crippen LogP contribution is 2.34. The minimum absolute atomic E-state index is 0.0582. The molecule has 4 nitrogen and oxygen atoms in total. The fourth-order valence-corrected chi connectivity index (χ4v) is 2.22. The summed E-state index contributed by atoms with van der Waals surface area (Å²) in [5.41, 5.74) is 7.17. The predicted octanol–water partition coefficient (Wildman–Crippen LogP) is 4.39. The van der Waals surface area contributed by atoms with Crippen molar-refractivity contribution in [3.05, 3.63) is 52.0 Å². The van der Waals surface area contributed by atoms with Crippen LogP contribution in [0.4, 0.5) is 5.69 Å². The lowest BCUT2D eigenvalue weighted by Gasteiger charge is -2.11. The third-order valence-corrected chi connectivity index (χ3v) is 3.35. The van der Waals surface area contributed by atoms with E-state index in [1.807, 2.05) is 0 Å². The second kappa shape index (κ2) is 6.70. The summed E-state index contributed by atoms with van der Waals surface area (Å²) in [6.45, 7) is 0. The second-order valence-electron chi connectivity index (χ2n) is 4.44. The Balaban J connectivity index is 2.15. The van der Waals surface area contributed by atoms with Crippen molar-refractivity contribution in [3.63, 3.8) is 0 Å². The standard InChI is InChI=1S/C15H13Cl2NO3/c16-10-3-5-13(11(17)8-10)21-14-4-1-9(7-12(14)18)2-6-15(19)20/h1,3-5,7-8H,2,6,18H2,(H,19,20). The number of ether oxygens (including phenoxy) is 1. The maximum atomic E-state index is 10.5. The Morgan fingerprint density at radius 2 is 1.86 bits per heavy atom. The van der Waals surface area contributed by atoms with E-state index in [1.54, 1.807) is 36.4 Å². The van der Waals surface area contributed by atoms with E-state index in [2.05, 4.69) is 0 Å². The van der Waals surface area contributed by atoms with Crippen LogP contribution in [0.5, 0.6) is 11.5 Å². The molecule has 0 heterocycles. The SMILES string of the molecule is Nc1cc(CCC(=O)O)ccc1Oc1ccc(Cl)cc1Cl. The first-order valence-corrected chi connectivity index (χ1v) is 6.94. The minimum atomic E-state index is -0.846. The molecule has 0 radical (unpaired) electrons. The number of aryl methyl sites for hydroxylation is 1. The Kier molecular flexibility index (Phi) is 4.94. The molecule has 0 aliphatic rings. The lowest BCUT2D eigenvalue weighted by atomic mass is 10.1. The highest BCUT2D eigenvalue weighted by molar-refractivity contribution is 6.35. The topological polar surface area (TPSA) is 72.6 Å². The average Bonchev–Trinajstić information content (AvgIpc) is 2.42. The summed E-state index contributed by atoms with van der Waals surface area (Å²) in [6.07, 6.45) is 0.476. The monoisotopic (exact) mass is 325 g/mol. The molecule has 0 aliphatic carbocycles. The van der Waals surface area contributed by atoms with Crippen molar-refractivity contribution in [2.45, 2.75) is 12.8 Å². The number of nitrogens with two attached hydrogens (primary N) is 1. The summed E-state index contributed by atoms with van der Waals surface area (Å²) in [6, 6.07) is 10.1. The van der Waals surface area contributed by atoms with E-state index in [0.717, 1.165) is 5.56 Å². The minimum Gasteiger partial charge on any atom is -0.481 e. The van der Waals surface area contributed by atoms with Crippen molar-refractivity contribution in [3.8, 4) is 11.5 Å². The summed E-state index contributed by atoms with van der Waals surface area (Å²) < 4.78 is 5.64. The van der Waals surface area contributed by atoms with E-state index in [9.17, 15) is 4.79 Å². The number of carboxylic acid groups (broad SMARTS) is 1. The van der Waals surface area contributed by atoms with Gasteiger partial charge in [-0.3, -0.25) is 4.79 Å². The normalized spacial score (nSPS) is 10.4. The molecule has 0 amide bonds. The Bertz CT molecular complexity index is 674.